The molecule has 124 valence electrons. The molecule has 0 aliphatic rings. The number of carbonyl (C=O) groups excluding carboxylic acids is 2. The van der Waals surface area contributed by atoms with E-state index in [-0.39, 0.29) is 5.75 Å². The van der Waals surface area contributed by atoms with Gasteiger partial charge in [0.15, 0.2) is 0 Å². The number of hydrazone groups is 1. The largest absolute Gasteiger partial charge is 0.507 e. The minimum absolute atomic E-state index is 0.0108. The number of hydrogen-bond acceptors (Lipinski definition) is 4. The maximum Gasteiger partial charge on any atom is 0.329 e. The summed E-state index contributed by atoms with van der Waals surface area (Å²) in [4.78, 5) is 23.5. The first-order valence-electron chi connectivity index (χ1n) is 7.21. The minimum atomic E-state index is -0.902. The Bertz CT molecular complexity index is 773. The first kappa shape index (κ1) is 17.7. The van der Waals surface area contributed by atoms with Crippen LogP contribution in [-0.4, -0.2) is 23.1 Å². The molecule has 2 amide bonds. The number of phenols is 1. The highest BCUT2D eigenvalue weighted by atomic mass is 79.9. The lowest BCUT2D eigenvalue weighted by Gasteiger charge is -2.05. The van der Waals surface area contributed by atoms with Gasteiger partial charge in [-0.1, -0.05) is 35.0 Å². The van der Waals surface area contributed by atoms with Crippen molar-refractivity contribution in [3.63, 3.8) is 0 Å². The van der Waals surface area contributed by atoms with Gasteiger partial charge in [-0.05, 0) is 42.3 Å². The molecule has 0 aromatic heterocycles. The predicted octanol–water partition coefficient (Wildman–Crippen LogP) is 2.81. The van der Waals surface area contributed by atoms with Crippen LogP contribution >= 0.6 is 15.9 Å². The number of benzene rings is 2. The molecule has 0 saturated heterocycles. The number of halogens is 1. The number of hydrogen-bond donors (Lipinski definition) is 3. The van der Waals surface area contributed by atoms with Crippen LogP contribution in [0.5, 0.6) is 5.75 Å². The monoisotopic (exact) mass is 389 g/mol. The van der Waals surface area contributed by atoms with Crippen molar-refractivity contribution in [1.82, 2.24) is 5.43 Å². The van der Waals surface area contributed by atoms with Crippen molar-refractivity contribution in [1.29, 1.82) is 0 Å². The van der Waals surface area contributed by atoms with Crippen LogP contribution < -0.4 is 10.7 Å². The summed E-state index contributed by atoms with van der Waals surface area (Å²) in [5, 5.41) is 15.8. The van der Waals surface area contributed by atoms with Crippen molar-refractivity contribution in [2.45, 2.75) is 13.3 Å². The van der Waals surface area contributed by atoms with Crippen LogP contribution in [0.2, 0.25) is 0 Å². The van der Waals surface area contributed by atoms with Crippen molar-refractivity contribution in [3.05, 3.63) is 58.1 Å². The molecule has 24 heavy (non-hydrogen) atoms. The second kappa shape index (κ2) is 8.26. The summed E-state index contributed by atoms with van der Waals surface area (Å²) in [6, 6.07) is 12.0. The van der Waals surface area contributed by atoms with E-state index < -0.39 is 11.8 Å². The number of rotatable bonds is 4. The van der Waals surface area contributed by atoms with E-state index in [1.165, 1.54) is 12.3 Å². The minimum Gasteiger partial charge on any atom is -0.507 e. The molecule has 3 N–H and O–H groups in total. The van der Waals surface area contributed by atoms with Crippen LogP contribution in [0.15, 0.2) is 52.0 Å². The number of anilines is 1. The van der Waals surface area contributed by atoms with Crippen LogP contribution in [0.25, 0.3) is 0 Å². The van der Waals surface area contributed by atoms with Crippen molar-refractivity contribution < 1.29 is 14.7 Å². The van der Waals surface area contributed by atoms with Gasteiger partial charge >= 0.3 is 11.8 Å². The van der Waals surface area contributed by atoms with Crippen molar-refractivity contribution in [2.75, 3.05) is 5.32 Å². The lowest BCUT2D eigenvalue weighted by molar-refractivity contribution is -0.136. The van der Waals surface area contributed by atoms with Crippen molar-refractivity contribution in [3.8, 4) is 5.75 Å². The molecule has 2 aromatic rings. The highest BCUT2D eigenvalue weighted by Crippen LogP contribution is 2.19. The van der Waals surface area contributed by atoms with E-state index in [0.717, 1.165) is 16.5 Å². The van der Waals surface area contributed by atoms with Gasteiger partial charge in [0.2, 0.25) is 0 Å². The number of amides is 2. The van der Waals surface area contributed by atoms with Gasteiger partial charge in [-0.2, -0.15) is 5.10 Å². The maximum absolute atomic E-state index is 11.8. The molecule has 0 aliphatic heterocycles. The number of phenolic OH excluding ortho intramolecular Hbond substituents is 1. The first-order valence-corrected chi connectivity index (χ1v) is 8.00. The van der Waals surface area contributed by atoms with Gasteiger partial charge in [0.05, 0.1) is 6.21 Å². The summed E-state index contributed by atoms with van der Waals surface area (Å²) in [7, 11) is 0. The summed E-state index contributed by atoms with van der Waals surface area (Å²) in [5.41, 5.74) is 4.18. The molecule has 2 rings (SSSR count). The quantitative estimate of drug-likeness (QED) is 0.426. The summed E-state index contributed by atoms with van der Waals surface area (Å²) in [5.74, 6) is -1.72. The molecule has 0 heterocycles. The fourth-order valence-electron chi connectivity index (χ4n) is 1.85. The van der Waals surface area contributed by atoms with E-state index in [4.69, 9.17) is 0 Å². The zero-order chi connectivity index (χ0) is 17.5. The van der Waals surface area contributed by atoms with Crippen LogP contribution in [0.3, 0.4) is 0 Å². The molecule has 6 nitrogen and oxygen atoms in total. The highest BCUT2D eigenvalue weighted by molar-refractivity contribution is 9.10. The molecule has 0 atom stereocenters. The summed E-state index contributed by atoms with van der Waals surface area (Å²) >= 11 is 3.26. The van der Waals surface area contributed by atoms with Crippen molar-refractivity contribution in [2.24, 2.45) is 5.10 Å². The van der Waals surface area contributed by atoms with Gasteiger partial charge in [-0.25, -0.2) is 5.43 Å². The molecule has 2 aromatic carbocycles. The van der Waals surface area contributed by atoms with Gasteiger partial charge in [0.1, 0.15) is 5.75 Å². The Morgan fingerprint density at radius 1 is 1.17 bits per heavy atom. The third-order valence-corrected chi connectivity index (χ3v) is 3.68. The average molecular weight is 390 g/mol. The highest BCUT2D eigenvalue weighted by Gasteiger charge is 2.12. The summed E-state index contributed by atoms with van der Waals surface area (Å²) < 4.78 is 0.751. The lowest BCUT2D eigenvalue weighted by Crippen LogP contribution is -2.32. The smallest absolute Gasteiger partial charge is 0.329 e. The molecule has 0 radical (unpaired) electrons. The fraction of sp³-hybridized carbons (Fsp3) is 0.118. The Morgan fingerprint density at radius 2 is 1.88 bits per heavy atom. The Balaban J connectivity index is 1.92. The van der Waals surface area contributed by atoms with E-state index in [1.807, 2.05) is 19.1 Å². The van der Waals surface area contributed by atoms with Gasteiger partial charge in [0.25, 0.3) is 0 Å². The lowest BCUT2D eigenvalue weighted by atomic mass is 10.1. The molecule has 0 saturated carbocycles. The van der Waals surface area contributed by atoms with E-state index in [1.54, 1.807) is 24.3 Å². The summed E-state index contributed by atoms with van der Waals surface area (Å²) in [6.45, 7) is 2.03. The second-order valence-corrected chi connectivity index (χ2v) is 5.82. The molecule has 0 unspecified atom stereocenters. The summed E-state index contributed by atoms with van der Waals surface area (Å²) in [6.07, 6.45) is 2.15. The molecule has 7 heteroatoms. The number of carbonyl (C=O) groups is 2. The molecular formula is C17H16BrN3O3. The number of aryl methyl sites for hydroxylation is 1. The topological polar surface area (TPSA) is 90.8 Å². The molecule has 0 bridgehead atoms. The Kier molecular flexibility index (Phi) is 6.08. The number of nitrogens with zero attached hydrogens (tertiary/aromatic N) is 1. The number of nitrogens with one attached hydrogen (secondary N) is 2. The maximum atomic E-state index is 11.8. The standard InChI is InChI=1S/C17H16BrN3O3/c1-2-11-3-6-14(7-4-11)20-16(23)17(24)21-19-10-12-9-13(18)5-8-15(12)22/h3-10,22H,2H2,1H3,(H,20,23)(H,21,24)/b19-10+. The van der Waals surface area contributed by atoms with E-state index in [0.29, 0.717) is 11.3 Å². The Morgan fingerprint density at radius 3 is 2.54 bits per heavy atom. The predicted molar refractivity (Wildman–Crippen MR) is 96.0 cm³/mol. The van der Waals surface area contributed by atoms with E-state index in [2.05, 4.69) is 31.8 Å². The van der Waals surface area contributed by atoms with Gasteiger partial charge in [0, 0.05) is 15.7 Å². The molecular weight excluding hydrogens is 374 g/mol. The second-order valence-electron chi connectivity index (χ2n) is 4.91. The third kappa shape index (κ3) is 4.92. The van der Waals surface area contributed by atoms with Crippen LogP contribution in [0.1, 0.15) is 18.1 Å². The van der Waals surface area contributed by atoms with Gasteiger partial charge < -0.3 is 10.4 Å². The normalized spacial score (nSPS) is 10.6. The van der Waals surface area contributed by atoms with E-state index >= 15 is 0 Å². The Hall–Kier alpha value is -2.67. The molecule has 0 aliphatic carbocycles. The van der Waals surface area contributed by atoms with Crippen LogP contribution in [0.4, 0.5) is 5.69 Å². The van der Waals surface area contributed by atoms with E-state index in [9.17, 15) is 14.7 Å². The SMILES string of the molecule is CCc1ccc(NC(=O)C(=O)N/N=C/c2cc(Br)ccc2O)cc1. The molecule has 0 fully saturated rings. The van der Waals surface area contributed by atoms with Crippen molar-refractivity contribution >= 4 is 39.6 Å². The third-order valence-electron chi connectivity index (χ3n) is 3.19. The molecule has 0 spiro atoms. The Labute approximate surface area is 147 Å². The van der Waals surface area contributed by atoms with Crippen LogP contribution in [-0.2, 0) is 16.0 Å². The first-order chi connectivity index (χ1) is 11.5. The van der Waals surface area contributed by atoms with Crippen LogP contribution in [0, 0.1) is 0 Å². The fourth-order valence-corrected chi connectivity index (χ4v) is 2.23. The van der Waals surface area contributed by atoms with Gasteiger partial charge in [-0.15, -0.1) is 0 Å². The zero-order valence-corrected chi connectivity index (χ0v) is 14.5. The zero-order valence-electron chi connectivity index (χ0n) is 12.9. The number of aromatic hydroxyl groups is 1. The average Bonchev–Trinajstić information content (AvgIpc) is 2.58. The van der Waals surface area contributed by atoms with Gasteiger partial charge in [-0.3, -0.25) is 9.59 Å².